The van der Waals surface area contributed by atoms with Crippen molar-refractivity contribution >= 4 is 13.6 Å². The first-order valence-electron chi connectivity index (χ1n) is 6.63. The largest absolute Gasteiger partial charge is 0.497 e. The Morgan fingerprint density at radius 2 is 1.62 bits per heavy atom. The zero-order valence-corrected chi connectivity index (χ0v) is 13.6. The summed E-state index contributed by atoms with van der Waals surface area (Å²) in [5.41, 5.74) is -0.624. The number of hydrogen-bond donors (Lipinski definition) is 0. The van der Waals surface area contributed by atoms with E-state index >= 15 is 0 Å². The van der Waals surface area contributed by atoms with E-state index in [2.05, 4.69) is 0 Å². The van der Waals surface area contributed by atoms with Crippen molar-refractivity contribution in [2.75, 3.05) is 27.4 Å². The summed E-state index contributed by atoms with van der Waals surface area (Å²) in [7, 11) is -0.886. The van der Waals surface area contributed by atoms with Crippen LogP contribution in [0, 0.1) is 0 Å². The van der Waals surface area contributed by atoms with Crippen molar-refractivity contribution in [3.05, 3.63) is 29.8 Å². The Hall–Kier alpha value is -1.36. The van der Waals surface area contributed by atoms with E-state index in [1.54, 1.807) is 38.1 Å². The summed E-state index contributed by atoms with van der Waals surface area (Å²) in [6.45, 7) is 3.71. The second kappa shape index (κ2) is 8.17. The fourth-order valence-corrected chi connectivity index (χ4v) is 3.89. The topological polar surface area (TPSA) is 71.1 Å². The van der Waals surface area contributed by atoms with E-state index in [0.717, 1.165) is 0 Å². The summed E-state index contributed by atoms with van der Waals surface area (Å²) in [6, 6.07) is 6.64. The highest BCUT2D eigenvalue weighted by atomic mass is 31.2. The molecule has 1 aromatic rings. The number of rotatable bonds is 8. The summed E-state index contributed by atoms with van der Waals surface area (Å²) in [5, 5.41) is 0. The van der Waals surface area contributed by atoms with Gasteiger partial charge >= 0.3 is 13.6 Å². The minimum Gasteiger partial charge on any atom is -0.497 e. The van der Waals surface area contributed by atoms with Gasteiger partial charge in [-0.1, -0.05) is 12.1 Å². The van der Waals surface area contributed by atoms with Crippen LogP contribution >= 0.6 is 7.60 Å². The van der Waals surface area contributed by atoms with E-state index in [4.69, 9.17) is 18.5 Å². The summed E-state index contributed by atoms with van der Waals surface area (Å²) in [6.07, 6.45) is 0. The number of methoxy groups -OCH3 is 2. The molecule has 0 N–H and O–H groups in total. The zero-order valence-electron chi connectivity index (χ0n) is 12.7. The molecule has 0 aliphatic rings. The fraction of sp³-hybridized carbons (Fsp3) is 0.500. The van der Waals surface area contributed by atoms with E-state index in [1.807, 2.05) is 0 Å². The maximum Gasteiger partial charge on any atom is 0.349 e. The molecule has 0 unspecified atom stereocenters. The summed E-state index contributed by atoms with van der Waals surface area (Å²) >= 11 is 0. The van der Waals surface area contributed by atoms with Gasteiger partial charge in [0, 0.05) is 0 Å². The predicted molar refractivity (Wildman–Crippen MR) is 78.6 cm³/mol. The zero-order chi connectivity index (χ0) is 15.9. The molecule has 0 bridgehead atoms. The molecule has 0 aliphatic carbocycles. The van der Waals surface area contributed by atoms with Crippen LogP contribution < -0.4 is 4.74 Å². The molecule has 21 heavy (non-hydrogen) atoms. The number of carbonyl (C=O) groups is 1. The third-order valence-electron chi connectivity index (χ3n) is 2.79. The molecule has 0 saturated heterocycles. The van der Waals surface area contributed by atoms with Gasteiger partial charge in [0.25, 0.3) is 0 Å². The van der Waals surface area contributed by atoms with Gasteiger partial charge in [-0.3, -0.25) is 9.36 Å². The monoisotopic (exact) mass is 316 g/mol. The van der Waals surface area contributed by atoms with Gasteiger partial charge in [0.05, 0.1) is 27.4 Å². The Kier molecular flexibility index (Phi) is 6.89. The molecule has 1 rings (SSSR count). The highest BCUT2D eigenvalue weighted by Crippen LogP contribution is 2.61. The van der Waals surface area contributed by atoms with Gasteiger partial charge in [-0.15, -0.1) is 0 Å². The first-order valence-corrected chi connectivity index (χ1v) is 8.24. The van der Waals surface area contributed by atoms with E-state index in [-0.39, 0.29) is 13.2 Å². The van der Waals surface area contributed by atoms with Crippen LogP contribution in [0.4, 0.5) is 0 Å². The number of carbonyl (C=O) groups excluding carboxylic acids is 1. The Labute approximate surface area is 124 Å². The van der Waals surface area contributed by atoms with Crippen LogP contribution in [0.1, 0.15) is 25.1 Å². The molecule has 0 heterocycles. The molecule has 0 aromatic heterocycles. The normalized spacial score (nSPS) is 12.8. The molecule has 0 radical (unpaired) electrons. The highest BCUT2D eigenvalue weighted by molar-refractivity contribution is 7.55. The van der Waals surface area contributed by atoms with Crippen molar-refractivity contribution in [1.29, 1.82) is 0 Å². The first kappa shape index (κ1) is 17.7. The third-order valence-corrected chi connectivity index (χ3v) is 5.17. The number of hydrogen-bond acceptors (Lipinski definition) is 6. The summed E-state index contributed by atoms with van der Waals surface area (Å²) in [4.78, 5) is 12.1. The summed E-state index contributed by atoms with van der Waals surface area (Å²) in [5.74, 6) is -0.0320. The molecule has 7 heteroatoms. The van der Waals surface area contributed by atoms with E-state index < -0.39 is 19.2 Å². The minimum atomic E-state index is -3.66. The van der Waals surface area contributed by atoms with Crippen molar-refractivity contribution < 1.29 is 27.9 Å². The molecule has 118 valence electrons. The van der Waals surface area contributed by atoms with Crippen LogP contribution in [-0.4, -0.2) is 33.4 Å². The van der Waals surface area contributed by atoms with Gasteiger partial charge in [0.1, 0.15) is 5.75 Å². The van der Waals surface area contributed by atoms with Gasteiger partial charge in [0.15, 0.2) is 5.66 Å². The predicted octanol–water partition coefficient (Wildman–Crippen LogP) is 3.18. The molecule has 0 amide bonds. The van der Waals surface area contributed by atoms with Crippen molar-refractivity contribution in [2.24, 2.45) is 0 Å². The maximum absolute atomic E-state index is 12.9. The van der Waals surface area contributed by atoms with Gasteiger partial charge in [-0.25, -0.2) is 0 Å². The molecule has 6 nitrogen and oxygen atoms in total. The van der Waals surface area contributed by atoms with Crippen molar-refractivity contribution in [3.8, 4) is 5.75 Å². The lowest BCUT2D eigenvalue weighted by Gasteiger charge is -2.24. The molecule has 1 atom stereocenters. The van der Waals surface area contributed by atoms with Crippen LogP contribution in [-0.2, 0) is 23.1 Å². The SMILES string of the molecule is CCOP(=O)(OCC)[C@H](C(=O)OC)c1ccc(OC)cc1. The van der Waals surface area contributed by atoms with Crippen molar-refractivity contribution in [2.45, 2.75) is 19.5 Å². The molecular weight excluding hydrogens is 295 g/mol. The van der Waals surface area contributed by atoms with Crippen LogP contribution in [0.2, 0.25) is 0 Å². The molecule has 0 aliphatic heterocycles. The van der Waals surface area contributed by atoms with Crippen LogP contribution in [0.3, 0.4) is 0 Å². The third kappa shape index (κ3) is 4.30. The van der Waals surface area contributed by atoms with Crippen molar-refractivity contribution in [3.63, 3.8) is 0 Å². The molecule has 0 saturated carbocycles. The molecule has 0 spiro atoms. The quantitative estimate of drug-likeness (QED) is 0.542. The standard InChI is InChI=1S/C14H21O6P/c1-5-19-21(16,20-6-2)13(14(15)18-4)11-7-9-12(17-3)10-8-11/h7-10,13H,5-6H2,1-4H3/t13-/m0/s1. The maximum atomic E-state index is 12.9. The fourth-order valence-electron chi connectivity index (χ4n) is 1.89. The summed E-state index contributed by atoms with van der Waals surface area (Å²) < 4.78 is 33.3. The molecule has 0 fully saturated rings. The van der Waals surface area contributed by atoms with Crippen LogP contribution in [0.25, 0.3) is 0 Å². The Bertz CT molecular complexity index is 489. The minimum absolute atomic E-state index is 0.168. The number of ether oxygens (including phenoxy) is 2. The Morgan fingerprint density at radius 1 is 1.10 bits per heavy atom. The Balaban J connectivity index is 3.25. The lowest BCUT2D eigenvalue weighted by Crippen LogP contribution is -2.17. The van der Waals surface area contributed by atoms with Gasteiger partial charge in [0.2, 0.25) is 0 Å². The van der Waals surface area contributed by atoms with Gasteiger partial charge in [-0.2, -0.15) is 0 Å². The first-order chi connectivity index (χ1) is 10.0. The van der Waals surface area contributed by atoms with E-state index in [9.17, 15) is 9.36 Å². The Morgan fingerprint density at radius 3 is 2.00 bits per heavy atom. The number of benzene rings is 1. The van der Waals surface area contributed by atoms with Gasteiger partial charge in [-0.05, 0) is 31.5 Å². The number of esters is 1. The van der Waals surface area contributed by atoms with Gasteiger partial charge < -0.3 is 18.5 Å². The average molecular weight is 316 g/mol. The van der Waals surface area contributed by atoms with Crippen molar-refractivity contribution in [1.82, 2.24) is 0 Å². The second-order valence-corrected chi connectivity index (χ2v) is 6.19. The molecular formula is C14H21O6P. The lowest BCUT2D eigenvalue weighted by molar-refractivity contribution is -0.140. The smallest absolute Gasteiger partial charge is 0.349 e. The van der Waals surface area contributed by atoms with E-state index in [0.29, 0.717) is 11.3 Å². The van der Waals surface area contributed by atoms with E-state index in [1.165, 1.54) is 14.2 Å². The lowest BCUT2D eigenvalue weighted by atomic mass is 10.1. The molecule has 1 aromatic carbocycles. The van der Waals surface area contributed by atoms with Crippen LogP contribution in [0.15, 0.2) is 24.3 Å². The average Bonchev–Trinajstić information content (AvgIpc) is 2.48. The van der Waals surface area contributed by atoms with Crippen LogP contribution in [0.5, 0.6) is 5.75 Å². The second-order valence-electron chi connectivity index (χ2n) is 4.07. The highest BCUT2D eigenvalue weighted by Gasteiger charge is 2.43.